The maximum Gasteiger partial charge on any atom is 0.229 e. The number of nitrogens with zero attached hydrogens (tertiary/aromatic N) is 4. The molecule has 0 radical (unpaired) electrons. The molecule has 0 spiro atoms. The molecule has 3 heterocycles. The van der Waals surface area contributed by atoms with E-state index in [9.17, 15) is 9.59 Å². The van der Waals surface area contributed by atoms with Crippen molar-refractivity contribution in [2.75, 3.05) is 48.0 Å². The van der Waals surface area contributed by atoms with Gasteiger partial charge in [0.25, 0.3) is 0 Å². The number of amides is 2. The van der Waals surface area contributed by atoms with Crippen molar-refractivity contribution < 1.29 is 14.3 Å². The number of aryl methyl sites for hydroxylation is 2. The van der Waals surface area contributed by atoms with Crippen LogP contribution in [0.5, 0.6) is 0 Å². The summed E-state index contributed by atoms with van der Waals surface area (Å²) in [4.78, 5) is 38.2. The molecular formula is C21H25N5O3. The lowest BCUT2D eigenvalue weighted by atomic mass is 10.1. The second kappa shape index (κ2) is 8.16. The van der Waals surface area contributed by atoms with Gasteiger partial charge in [-0.25, -0.2) is 9.97 Å². The summed E-state index contributed by atoms with van der Waals surface area (Å²) in [6.45, 7) is 6.93. The molecule has 152 valence electrons. The molecule has 2 saturated heterocycles. The summed E-state index contributed by atoms with van der Waals surface area (Å²) in [6, 6.07) is 9.43. The van der Waals surface area contributed by atoms with Crippen LogP contribution in [0.1, 0.15) is 17.8 Å². The third kappa shape index (κ3) is 4.07. The molecule has 1 aromatic carbocycles. The van der Waals surface area contributed by atoms with E-state index in [2.05, 4.69) is 20.2 Å². The van der Waals surface area contributed by atoms with Gasteiger partial charge >= 0.3 is 0 Å². The van der Waals surface area contributed by atoms with E-state index in [1.165, 1.54) is 0 Å². The number of nitrogens with one attached hydrogen (secondary N) is 1. The summed E-state index contributed by atoms with van der Waals surface area (Å²) in [6.07, 6.45) is 0.200. The highest BCUT2D eigenvalue weighted by Crippen LogP contribution is 2.27. The summed E-state index contributed by atoms with van der Waals surface area (Å²) in [5.41, 5.74) is 2.88. The van der Waals surface area contributed by atoms with E-state index in [0.717, 1.165) is 30.2 Å². The number of carbonyl (C=O) groups excluding carboxylic acids is 2. The van der Waals surface area contributed by atoms with Gasteiger partial charge in [-0.1, -0.05) is 18.2 Å². The zero-order valence-corrected chi connectivity index (χ0v) is 16.7. The average molecular weight is 395 g/mol. The number of carbonyl (C=O) groups is 2. The van der Waals surface area contributed by atoms with Crippen LogP contribution in [-0.2, 0) is 14.3 Å². The van der Waals surface area contributed by atoms with Gasteiger partial charge in [-0.15, -0.1) is 0 Å². The molecule has 2 amide bonds. The van der Waals surface area contributed by atoms with Crippen LogP contribution in [0.3, 0.4) is 0 Å². The van der Waals surface area contributed by atoms with Crippen molar-refractivity contribution in [2.24, 2.45) is 5.92 Å². The third-order valence-electron chi connectivity index (χ3n) is 5.36. The van der Waals surface area contributed by atoms with Gasteiger partial charge in [0.15, 0.2) is 0 Å². The predicted octanol–water partition coefficient (Wildman–Crippen LogP) is 1.92. The second-order valence-corrected chi connectivity index (χ2v) is 7.40. The van der Waals surface area contributed by atoms with Crippen molar-refractivity contribution in [2.45, 2.75) is 20.3 Å². The molecule has 4 rings (SSSR count). The Hall–Kier alpha value is -3.00. The molecule has 0 aliphatic carbocycles. The number of aromatic nitrogens is 2. The monoisotopic (exact) mass is 395 g/mol. The molecular weight excluding hydrogens is 370 g/mol. The summed E-state index contributed by atoms with van der Waals surface area (Å²) >= 11 is 0. The van der Waals surface area contributed by atoms with Crippen molar-refractivity contribution in [3.8, 4) is 0 Å². The summed E-state index contributed by atoms with van der Waals surface area (Å²) in [7, 11) is 0. The Morgan fingerprint density at radius 3 is 2.41 bits per heavy atom. The molecule has 8 heteroatoms. The first-order chi connectivity index (χ1) is 14.0. The normalized spacial score (nSPS) is 19.5. The highest BCUT2D eigenvalue weighted by atomic mass is 16.5. The van der Waals surface area contributed by atoms with Gasteiger partial charge < -0.3 is 19.9 Å². The van der Waals surface area contributed by atoms with Crippen molar-refractivity contribution in [3.63, 3.8) is 0 Å². The third-order valence-corrected chi connectivity index (χ3v) is 5.36. The zero-order valence-electron chi connectivity index (χ0n) is 16.7. The molecule has 0 saturated carbocycles. The fraction of sp³-hybridized carbons (Fsp3) is 0.429. The van der Waals surface area contributed by atoms with Crippen molar-refractivity contribution >= 4 is 29.1 Å². The number of morpholine rings is 1. The van der Waals surface area contributed by atoms with E-state index in [4.69, 9.17) is 4.74 Å². The fourth-order valence-electron chi connectivity index (χ4n) is 3.75. The molecule has 1 atom stereocenters. The van der Waals surface area contributed by atoms with Crippen LogP contribution < -0.4 is 15.1 Å². The Morgan fingerprint density at radius 2 is 1.76 bits per heavy atom. The van der Waals surface area contributed by atoms with Gasteiger partial charge in [0, 0.05) is 31.7 Å². The second-order valence-electron chi connectivity index (χ2n) is 7.40. The van der Waals surface area contributed by atoms with Crippen LogP contribution in [0.15, 0.2) is 30.3 Å². The van der Waals surface area contributed by atoms with Gasteiger partial charge in [-0.05, 0) is 26.0 Å². The number of hydrogen-bond donors (Lipinski definition) is 1. The van der Waals surface area contributed by atoms with Crippen LogP contribution in [0.2, 0.25) is 0 Å². The Bertz CT molecular complexity index is 889. The molecule has 1 unspecified atom stereocenters. The SMILES string of the molecule is Cc1nc(N2CCOCC2)nc(C)c1NC(=O)C1CC(=O)N(c2ccccc2)C1. The Balaban J connectivity index is 1.46. The highest BCUT2D eigenvalue weighted by molar-refractivity contribution is 6.03. The average Bonchev–Trinajstić information content (AvgIpc) is 3.13. The first-order valence-electron chi connectivity index (χ1n) is 9.87. The number of rotatable bonds is 4. The Kier molecular flexibility index (Phi) is 5.44. The quantitative estimate of drug-likeness (QED) is 0.851. The number of hydrogen-bond acceptors (Lipinski definition) is 6. The first-order valence-corrected chi connectivity index (χ1v) is 9.87. The van der Waals surface area contributed by atoms with E-state index in [1.54, 1.807) is 4.90 Å². The van der Waals surface area contributed by atoms with Crippen molar-refractivity contribution in [1.29, 1.82) is 0 Å². The van der Waals surface area contributed by atoms with Gasteiger partial charge in [0.1, 0.15) is 0 Å². The Labute approximate surface area is 169 Å². The number of para-hydroxylation sites is 1. The molecule has 29 heavy (non-hydrogen) atoms. The van der Waals surface area contributed by atoms with Gasteiger partial charge in [0.2, 0.25) is 17.8 Å². The zero-order chi connectivity index (χ0) is 20.4. The lowest BCUT2D eigenvalue weighted by Crippen LogP contribution is -2.37. The minimum atomic E-state index is -0.402. The van der Waals surface area contributed by atoms with Crippen LogP contribution >= 0.6 is 0 Å². The molecule has 2 fully saturated rings. The van der Waals surface area contributed by atoms with E-state index >= 15 is 0 Å². The molecule has 2 aromatic rings. The van der Waals surface area contributed by atoms with E-state index in [0.29, 0.717) is 31.4 Å². The maximum atomic E-state index is 12.9. The van der Waals surface area contributed by atoms with Crippen molar-refractivity contribution in [3.05, 3.63) is 41.7 Å². The topological polar surface area (TPSA) is 87.7 Å². The first kappa shape index (κ1) is 19.3. The summed E-state index contributed by atoms with van der Waals surface area (Å²) < 4.78 is 5.38. The standard InChI is InChI=1S/C21H25N5O3/c1-14-19(15(2)23-21(22-14)25-8-10-29-11-9-25)24-20(28)16-12-18(27)26(13-16)17-6-4-3-5-7-17/h3-7,16H,8-13H2,1-2H3,(H,24,28). The molecule has 2 aliphatic rings. The van der Waals surface area contributed by atoms with E-state index in [1.807, 2.05) is 44.2 Å². The van der Waals surface area contributed by atoms with Gasteiger partial charge in [-0.2, -0.15) is 0 Å². The molecule has 0 bridgehead atoms. The smallest absolute Gasteiger partial charge is 0.229 e. The van der Waals surface area contributed by atoms with Crippen LogP contribution in [-0.4, -0.2) is 54.6 Å². The fourth-order valence-corrected chi connectivity index (χ4v) is 3.75. The number of ether oxygens (including phenoxy) is 1. The minimum Gasteiger partial charge on any atom is -0.378 e. The van der Waals surface area contributed by atoms with Gasteiger partial charge in [-0.3, -0.25) is 9.59 Å². The predicted molar refractivity (Wildman–Crippen MR) is 110 cm³/mol. The molecule has 2 aliphatic heterocycles. The van der Waals surface area contributed by atoms with Gasteiger partial charge in [0.05, 0.1) is 36.2 Å². The molecule has 1 aromatic heterocycles. The van der Waals surface area contributed by atoms with Crippen LogP contribution in [0.4, 0.5) is 17.3 Å². The van der Waals surface area contributed by atoms with Crippen LogP contribution in [0.25, 0.3) is 0 Å². The molecule has 1 N–H and O–H groups in total. The Morgan fingerprint density at radius 1 is 1.10 bits per heavy atom. The van der Waals surface area contributed by atoms with Crippen LogP contribution in [0, 0.1) is 19.8 Å². The van der Waals surface area contributed by atoms with Crippen molar-refractivity contribution in [1.82, 2.24) is 9.97 Å². The maximum absolute atomic E-state index is 12.9. The lowest BCUT2D eigenvalue weighted by Gasteiger charge is -2.27. The number of anilines is 3. The van der Waals surface area contributed by atoms with E-state index < -0.39 is 5.92 Å². The van der Waals surface area contributed by atoms with E-state index in [-0.39, 0.29) is 18.2 Å². The number of benzene rings is 1. The lowest BCUT2D eigenvalue weighted by molar-refractivity contribution is -0.122. The highest BCUT2D eigenvalue weighted by Gasteiger charge is 2.35. The summed E-state index contributed by atoms with van der Waals surface area (Å²) in [5.74, 6) is 0.0439. The summed E-state index contributed by atoms with van der Waals surface area (Å²) in [5, 5.41) is 2.96. The molecule has 8 nitrogen and oxygen atoms in total. The minimum absolute atomic E-state index is 0.0382. The largest absolute Gasteiger partial charge is 0.378 e.